The van der Waals surface area contributed by atoms with Crippen molar-refractivity contribution >= 4 is 17.5 Å². The van der Waals surface area contributed by atoms with Crippen molar-refractivity contribution in [3.8, 4) is 0 Å². The number of hydrogen-bond donors (Lipinski definition) is 1. The van der Waals surface area contributed by atoms with Crippen LogP contribution < -0.4 is 5.32 Å². The third kappa shape index (κ3) is 2.83. The molecule has 0 spiro atoms. The van der Waals surface area contributed by atoms with Crippen LogP contribution in [-0.2, 0) is 9.59 Å². The minimum Gasteiger partial charge on any atom is -0.339 e. The van der Waals surface area contributed by atoms with Crippen LogP contribution >= 0.6 is 0 Å². The monoisotopic (exact) mass is 305 g/mol. The van der Waals surface area contributed by atoms with Crippen molar-refractivity contribution in [1.82, 2.24) is 9.80 Å². The van der Waals surface area contributed by atoms with Gasteiger partial charge in [0.2, 0.25) is 11.8 Å². The van der Waals surface area contributed by atoms with Crippen molar-refractivity contribution in [1.29, 1.82) is 0 Å². The predicted octanol–water partition coefficient (Wildman–Crippen LogP) is 1.32. The number of anilines is 1. The molecule has 1 aliphatic heterocycles. The number of carbonyl (C=O) groups excluding carboxylic acids is 2. The third-order valence-corrected chi connectivity index (χ3v) is 4.49. The first kappa shape index (κ1) is 15.0. The summed E-state index contributed by atoms with van der Waals surface area (Å²) in [6.07, 6.45) is 1.18. The van der Waals surface area contributed by atoms with E-state index in [0.717, 1.165) is 13.1 Å². The summed E-state index contributed by atoms with van der Waals surface area (Å²) in [5.74, 6) is -0.698. The first-order valence-corrected chi connectivity index (χ1v) is 7.56. The highest BCUT2D eigenvalue weighted by Crippen LogP contribution is 2.48. The first-order chi connectivity index (χ1) is 10.5. The molecule has 1 aromatic rings. The number of nitrogens with zero attached hydrogens (tertiary/aromatic N) is 2. The maximum Gasteiger partial charge on any atom is 0.240 e. The van der Waals surface area contributed by atoms with Gasteiger partial charge in [0.25, 0.3) is 0 Å². The molecular weight excluding hydrogens is 285 g/mol. The SMILES string of the molecule is CN1CCN(C(=O)C2(C(=O)Nc3ccc(F)cc3)CC2)CC1. The quantitative estimate of drug-likeness (QED) is 0.857. The van der Waals surface area contributed by atoms with Crippen LogP contribution in [0.2, 0.25) is 0 Å². The van der Waals surface area contributed by atoms with Gasteiger partial charge in [-0.2, -0.15) is 0 Å². The van der Waals surface area contributed by atoms with E-state index in [1.165, 1.54) is 24.3 Å². The zero-order valence-electron chi connectivity index (χ0n) is 12.6. The molecule has 2 fully saturated rings. The molecule has 1 saturated heterocycles. The van der Waals surface area contributed by atoms with E-state index in [9.17, 15) is 14.0 Å². The van der Waals surface area contributed by atoms with Gasteiger partial charge in [-0.15, -0.1) is 0 Å². The molecule has 0 bridgehead atoms. The van der Waals surface area contributed by atoms with E-state index in [1.807, 2.05) is 7.05 Å². The fourth-order valence-electron chi connectivity index (χ4n) is 2.76. The van der Waals surface area contributed by atoms with Gasteiger partial charge in [-0.1, -0.05) is 0 Å². The van der Waals surface area contributed by atoms with E-state index in [1.54, 1.807) is 4.90 Å². The lowest BCUT2D eigenvalue weighted by atomic mass is 10.0. The standard InChI is InChI=1S/C16H20FN3O2/c1-19-8-10-20(11-9-19)15(22)16(6-7-16)14(21)18-13-4-2-12(17)3-5-13/h2-5H,6-11H2,1H3,(H,18,21). The van der Waals surface area contributed by atoms with Crippen molar-refractivity contribution < 1.29 is 14.0 Å². The minimum absolute atomic E-state index is 0.0692. The molecule has 22 heavy (non-hydrogen) atoms. The summed E-state index contributed by atoms with van der Waals surface area (Å²) in [7, 11) is 2.02. The van der Waals surface area contributed by atoms with E-state index >= 15 is 0 Å². The summed E-state index contributed by atoms with van der Waals surface area (Å²) in [5, 5.41) is 2.74. The van der Waals surface area contributed by atoms with Crippen molar-refractivity contribution in [3.63, 3.8) is 0 Å². The fraction of sp³-hybridized carbons (Fsp3) is 0.500. The molecular formula is C16H20FN3O2. The molecule has 1 N–H and O–H groups in total. The Hall–Kier alpha value is -1.95. The summed E-state index contributed by atoms with van der Waals surface area (Å²) in [5.41, 5.74) is -0.395. The van der Waals surface area contributed by atoms with Gasteiger partial charge in [-0.05, 0) is 44.2 Å². The van der Waals surface area contributed by atoms with Gasteiger partial charge in [0.15, 0.2) is 0 Å². The Morgan fingerprint density at radius 1 is 1.09 bits per heavy atom. The number of amides is 2. The number of hydrogen-bond acceptors (Lipinski definition) is 3. The number of likely N-dealkylation sites (N-methyl/N-ethyl adjacent to an activating group) is 1. The lowest BCUT2D eigenvalue weighted by molar-refractivity contribution is -0.143. The van der Waals surface area contributed by atoms with Crippen LogP contribution in [0.15, 0.2) is 24.3 Å². The maximum atomic E-state index is 12.9. The summed E-state index contributed by atoms with van der Waals surface area (Å²) in [6, 6.07) is 5.59. The molecule has 2 amide bonds. The van der Waals surface area contributed by atoms with Crippen molar-refractivity contribution in [3.05, 3.63) is 30.1 Å². The fourth-order valence-corrected chi connectivity index (χ4v) is 2.76. The number of rotatable bonds is 3. The normalized spacial score (nSPS) is 20.5. The van der Waals surface area contributed by atoms with E-state index in [2.05, 4.69) is 10.2 Å². The van der Waals surface area contributed by atoms with Crippen molar-refractivity contribution in [2.24, 2.45) is 5.41 Å². The summed E-state index contributed by atoms with van der Waals surface area (Å²) < 4.78 is 12.9. The second kappa shape index (κ2) is 5.68. The van der Waals surface area contributed by atoms with Crippen LogP contribution in [0, 0.1) is 11.2 Å². The van der Waals surface area contributed by atoms with E-state index in [-0.39, 0.29) is 17.6 Å². The van der Waals surface area contributed by atoms with Crippen LogP contribution in [0.3, 0.4) is 0 Å². The van der Waals surface area contributed by atoms with E-state index < -0.39 is 5.41 Å². The molecule has 118 valence electrons. The van der Waals surface area contributed by atoms with Gasteiger partial charge in [0.1, 0.15) is 11.2 Å². The van der Waals surface area contributed by atoms with E-state index in [4.69, 9.17) is 0 Å². The highest BCUT2D eigenvalue weighted by Gasteiger charge is 2.58. The number of nitrogens with one attached hydrogen (secondary N) is 1. The zero-order valence-corrected chi connectivity index (χ0v) is 12.6. The average molecular weight is 305 g/mol. The predicted molar refractivity (Wildman–Crippen MR) is 80.8 cm³/mol. The Bertz CT molecular complexity index is 576. The topological polar surface area (TPSA) is 52.7 Å². The molecule has 5 nitrogen and oxygen atoms in total. The van der Waals surface area contributed by atoms with Crippen LogP contribution in [-0.4, -0.2) is 54.8 Å². The van der Waals surface area contributed by atoms with Crippen molar-refractivity contribution in [2.45, 2.75) is 12.8 Å². The molecule has 0 atom stereocenters. The second-order valence-electron chi connectivity index (χ2n) is 6.14. The number of halogens is 1. The Labute approximate surface area is 129 Å². The first-order valence-electron chi connectivity index (χ1n) is 7.56. The molecule has 1 heterocycles. The van der Waals surface area contributed by atoms with Crippen LogP contribution in [0.25, 0.3) is 0 Å². The van der Waals surface area contributed by atoms with Crippen molar-refractivity contribution in [2.75, 3.05) is 38.5 Å². The second-order valence-corrected chi connectivity index (χ2v) is 6.14. The Balaban J connectivity index is 1.66. The smallest absolute Gasteiger partial charge is 0.240 e. The van der Waals surface area contributed by atoms with Crippen LogP contribution in [0.5, 0.6) is 0 Å². The molecule has 0 aromatic heterocycles. The van der Waals surface area contributed by atoms with Gasteiger partial charge in [0.05, 0.1) is 0 Å². The molecule has 0 unspecified atom stereocenters. The molecule has 1 aliphatic carbocycles. The molecule has 1 aromatic carbocycles. The van der Waals surface area contributed by atoms with Gasteiger partial charge in [-0.3, -0.25) is 9.59 Å². The highest BCUT2D eigenvalue weighted by molar-refractivity contribution is 6.13. The third-order valence-electron chi connectivity index (χ3n) is 4.49. The lowest BCUT2D eigenvalue weighted by Crippen LogP contribution is -2.51. The maximum absolute atomic E-state index is 12.9. The molecule has 2 aliphatic rings. The summed E-state index contributed by atoms with van der Waals surface area (Å²) in [4.78, 5) is 29.1. The zero-order chi connectivity index (χ0) is 15.7. The Morgan fingerprint density at radius 3 is 2.23 bits per heavy atom. The van der Waals surface area contributed by atoms with Gasteiger partial charge < -0.3 is 15.1 Å². The largest absolute Gasteiger partial charge is 0.339 e. The Morgan fingerprint density at radius 2 is 1.68 bits per heavy atom. The van der Waals surface area contributed by atoms with Gasteiger partial charge in [-0.25, -0.2) is 4.39 Å². The Kier molecular flexibility index (Phi) is 3.87. The van der Waals surface area contributed by atoms with E-state index in [0.29, 0.717) is 31.6 Å². The van der Waals surface area contributed by atoms with Gasteiger partial charge >= 0.3 is 0 Å². The van der Waals surface area contributed by atoms with Gasteiger partial charge in [0, 0.05) is 31.9 Å². The minimum atomic E-state index is -0.912. The number of piperazine rings is 1. The summed E-state index contributed by atoms with van der Waals surface area (Å²) in [6.45, 7) is 3.00. The highest BCUT2D eigenvalue weighted by atomic mass is 19.1. The molecule has 1 saturated carbocycles. The number of carbonyl (C=O) groups is 2. The molecule has 6 heteroatoms. The van der Waals surface area contributed by atoms with Crippen LogP contribution in [0.1, 0.15) is 12.8 Å². The number of benzene rings is 1. The summed E-state index contributed by atoms with van der Waals surface area (Å²) >= 11 is 0. The molecule has 3 rings (SSSR count). The van der Waals surface area contributed by atoms with Crippen LogP contribution in [0.4, 0.5) is 10.1 Å². The lowest BCUT2D eigenvalue weighted by Gasteiger charge is -2.34. The molecule has 0 radical (unpaired) electrons. The average Bonchev–Trinajstić information content (AvgIpc) is 3.31.